The zero-order chi connectivity index (χ0) is 13.1. The van der Waals surface area contributed by atoms with Crippen molar-refractivity contribution in [1.29, 1.82) is 5.26 Å². The van der Waals surface area contributed by atoms with Crippen LogP contribution in [0.4, 0.5) is 0 Å². The predicted molar refractivity (Wildman–Crippen MR) is 65.0 cm³/mol. The first-order valence-electron chi connectivity index (χ1n) is 5.97. The fourth-order valence-corrected chi connectivity index (χ4v) is 2.10. The fourth-order valence-electron chi connectivity index (χ4n) is 2.10. The van der Waals surface area contributed by atoms with Crippen molar-refractivity contribution in [2.24, 2.45) is 5.41 Å². The van der Waals surface area contributed by atoms with Gasteiger partial charge >= 0.3 is 0 Å². The van der Waals surface area contributed by atoms with E-state index in [2.05, 4.69) is 5.32 Å². The van der Waals surface area contributed by atoms with Crippen molar-refractivity contribution < 1.29 is 9.90 Å². The first kappa shape index (κ1) is 13.7. The molecule has 0 aromatic heterocycles. The molecule has 2 N–H and O–H groups in total. The third kappa shape index (κ3) is 3.31. The van der Waals surface area contributed by atoms with Crippen molar-refractivity contribution >= 4 is 5.78 Å². The highest BCUT2D eigenvalue weighted by molar-refractivity contribution is 6.01. The van der Waals surface area contributed by atoms with Crippen LogP contribution < -0.4 is 5.32 Å². The van der Waals surface area contributed by atoms with E-state index in [0.717, 1.165) is 6.42 Å². The summed E-state index contributed by atoms with van der Waals surface area (Å²) in [7, 11) is 0. The lowest BCUT2D eigenvalue weighted by Gasteiger charge is -2.32. The van der Waals surface area contributed by atoms with E-state index < -0.39 is 0 Å². The highest BCUT2D eigenvalue weighted by atomic mass is 16.3. The van der Waals surface area contributed by atoms with Crippen molar-refractivity contribution in [2.45, 2.75) is 46.1 Å². The van der Waals surface area contributed by atoms with Crippen LogP contribution in [0.25, 0.3) is 0 Å². The van der Waals surface area contributed by atoms with Gasteiger partial charge in [-0.1, -0.05) is 20.8 Å². The van der Waals surface area contributed by atoms with Crippen molar-refractivity contribution in [2.75, 3.05) is 6.61 Å². The van der Waals surface area contributed by atoms with E-state index in [9.17, 15) is 4.79 Å². The van der Waals surface area contributed by atoms with E-state index in [1.165, 1.54) is 0 Å². The Morgan fingerprint density at radius 1 is 1.53 bits per heavy atom. The summed E-state index contributed by atoms with van der Waals surface area (Å²) < 4.78 is 0. The van der Waals surface area contributed by atoms with E-state index in [-0.39, 0.29) is 29.4 Å². The van der Waals surface area contributed by atoms with Crippen LogP contribution in [0, 0.1) is 16.7 Å². The zero-order valence-corrected chi connectivity index (χ0v) is 10.7. The highest BCUT2D eigenvalue weighted by Gasteiger charge is 2.33. The Balaban J connectivity index is 2.98. The minimum absolute atomic E-state index is 0.00727. The standard InChI is InChI=1S/C13H20N2O2/c1-4-9(8-16)15-11-5-13(2,3)6-12(17)10(11)7-14/h9,15-16H,4-6,8H2,1-3H3/t9-/m1/s1. The second kappa shape index (κ2) is 5.33. The number of hydrogen-bond donors (Lipinski definition) is 2. The minimum atomic E-state index is -0.118. The minimum Gasteiger partial charge on any atom is -0.394 e. The maximum atomic E-state index is 11.8. The quantitative estimate of drug-likeness (QED) is 0.776. The van der Waals surface area contributed by atoms with E-state index in [0.29, 0.717) is 18.5 Å². The molecular weight excluding hydrogens is 216 g/mol. The van der Waals surface area contributed by atoms with Crippen molar-refractivity contribution in [1.82, 2.24) is 5.32 Å². The second-order valence-electron chi connectivity index (χ2n) is 5.34. The molecule has 4 heteroatoms. The summed E-state index contributed by atoms with van der Waals surface area (Å²) in [6.07, 6.45) is 1.85. The summed E-state index contributed by atoms with van der Waals surface area (Å²) in [6.45, 7) is 5.99. The molecular formula is C13H20N2O2. The zero-order valence-electron chi connectivity index (χ0n) is 10.7. The number of nitriles is 1. The Labute approximate surface area is 102 Å². The summed E-state index contributed by atoms with van der Waals surface area (Å²) >= 11 is 0. The average Bonchev–Trinajstić information content (AvgIpc) is 2.24. The molecule has 1 rings (SSSR count). The van der Waals surface area contributed by atoms with Gasteiger partial charge in [-0.15, -0.1) is 0 Å². The van der Waals surface area contributed by atoms with Crippen LogP contribution in [-0.4, -0.2) is 23.5 Å². The molecule has 0 saturated carbocycles. The van der Waals surface area contributed by atoms with Crippen LogP contribution in [0.2, 0.25) is 0 Å². The molecule has 4 nitrogen and oxygen atoms in total. The topological polar surface area (TPSA) is 73.1 Å². The Kier molecular flexibility index (Phi) is 4.30. The average molecular weight is 236 g/mol. The monoisotopic (exact) mass is 236 g/mol. The summed E-state index contributed by atoms with van der Waals surface area (Å²) in [5.74, 6) is -0.0981. The SMILES string of the molecule is CC[C@H](CO)NC1=C(C#N)C(=O)CC(C)(C)C1. The maximum absolute atomic E-state index is 11.8. The normalized spacial score (nSPS) is 21.0. The lowest BCUT2D eigenvalue weighted by atomic mass is 9.76. The molecule has 17 heavy (non-hydrogen) atoms. The number of aliphatic hydroxyl groups is 1. The first-order valence-corrected chi connectivity index (χ1v) is 5.97. The number of Topliss-reactive ketones (excluding diaryl/α,β-unsaturated/α-hetero) is 1. The molecule has 1 aliphatic rings. The number of nitrogens with zero attached hydrogens (tertiary/aromatic N) is 1. The Morgan fingerprint density at radius 3 is 2.65 bits per heavy atom. The molecule has 1 aliphatic carbocycles. The van der Waals surface area contributed by atoms with Crippen LogP contribution in [0.3, 0.4) is 0 Å². The molecule has 1 atom stereocenters. The van der Waals surface area contributed by atoms with Crippen LogP contribution >= 0.6 is 0 Å². The second-order valence-corrected chi connectivity index (χ2v) is 5.34. The third-order valence-electron chi connectivity index (χ3n) is 3.08. The van der Waals surface area contributed by atoms with Gasteiger partial charge in [0.25, 0.3) is 0 Å². The number of nitrogens with one attached hydrogen (secondary N) is 1. The molecule has 0 aromatic carbocycles. The van der Waals surface area contributed by atoms with Gasteiger partial charge in [0.2, 0.25) is 0 Å². The van der Waals surface area contributed by atoms with Gasteiger partial charge in [-0.2, -0.15) is 5.26 Å². The van der Waals surface area contributed by atoms with Crippen LogP contribution in [0.15, 0.2) is 11.3 Å². The highest BCUT2D eigenvalue weighted by Crippen LogP contribution is 2.35. The molecule has 94 valence electrons. The molecule has 0 saturated heterocycles. The largest absolute Gasteiger partial charge is 0.394 e. The van der Waals surface area contributed by atoms with Gasteiger partial charge in [-0.3, -0.25) is 4.79 Å². The smallest absolute Gasteiger partial charge is 0.175 e. The van der Waals surface area contributed by atoms with Gasteiger partial charge in [0, 0.05) is 18.2 Å². The number of hydrogen-bond acceptors (Lipinski definition) is 4. The Hall–Kier alpha value is -1.34. The lowest BCUT2D eigenvalue weighted by Crippen LogP contribution is -2.37. The molecule has 0 fully saturated rings. The van der Waals surface area contributed by atoms with Crippen LogP contribution in [-0.2, 0) is 4.79 Å². The number of allylic oxidation sites excluding steroid dienone is 2. The molecule has 0 radical (unpaired) electrons. The van der Waals surface area contributed by atoms with Crippen molar-refractivity contribution in [3.05, 3.63) is 11.3 Å². The van der Waals surface area contributed by atoms with Gasteiger partial charge in [0.1, 0.15) is 11.6 Å². The van der Waals surface area contributed by atoms with Crippen LogP contribution in [0.5, 0.6) is 0 Å². The number of ketones is 1. The van der Waals surface area contributed by atoms with E-state index in [1.54, 1.807) is 0 Å². The van der Waals surface area contributed by atoms with Gasteiger partial charge in [-0.25, -0.2) is 0 Å². The Morgan fingerprint density at radius 2 is 2.18 bits per heavy atom. The molecule has 0 heterocycles. The van der Waals surface area contributed by atoms with Gasteiger partial charge in [-0.05, 0) is 18.3 Å². The number of rotatable bonds is 4. The summed E-state index contributed by atoms with van der Waals surface area (Å²) in [4.78, 5) is 11.8. The van der Waals surface area contributed by atoms with Crippen molar-refractivity contribution in [3.8, 4) is 6.07 Å². The molecule has 0 aliphatic heterocycles. The van der Waals surface area contributed by atoms with Gasteiger partial charge in [0.05, 0.1) is 6.61 Å². The lowest BCUT2D eigenvalue weighted by molar-refractivity contribution is -0.117. The number of aliphatic hydroxyl groups excluding tert-OH is 1. The third-order valence-corrected chi connectivity index (χ3v) is 3.08. The summed E-state index contributed by atoms with van der Waals surface area (Å²) in [6, 6.07) is 1.89. The Bertz CT molecular complexity index is 373. The number of carbonyl (C=O) groups excluding carboxylic acids is 1. The van der Waals surface area contributed by atoms with Crippen molar-refractivity contribution in [3.63, 3.8) is 0 Å². The molecule has 0 amide bonds. The summed E-state index contributed by atoms with van der Waals surface area (Å²) in [5.41, 5.74) is 0.805. The van der Waals surface area contributed by atoms with E-state index in [1.807, 2.05) is 26.8 Å². The fraction of sp³-hybridized carbons (Fsp3) is 0.692. The number of carbonyl (C=O) groups is 1. The maximum Gasteiger partial charge on any atom is 0.175 e. The molecule has 0 spiro atoms. The predicted octanol–water partition coefficient (Wildman–Crippen LogP) is 1.51. The van der Waals surface area contributed by atoms with E-state index in [4.69, 9.17) is 10.4 Å². The molecule has 0 bridgehead atoms. The van der Waals surface area contributed by atoms with Gasteiger partial charge < -0.3 is 10.4 Å². The first-order chi connectivity index (χ1) is 7.93. The van der Waals surface area contributed by atoms with Crippen LogP contribution in [0.1, 0.15) is 40.0 Å². The van der Waals surface area contributed by atoms with E-state index >= 15 is 0 Å². The van der Waals surface area contributed by atoms with Gasteiger partial charge in [0.15, 0.2) is 5.78 Å². The summed E-state index contributed by atoms with van der Waals surface area (Å²) in [5, 5.41) is 21.3. The molecule has 0 aromatic rings. The molecule has 0 unspecified atom stereocenters.